The molecule has 2 aliphatic heterocycles. The van der Waals surface area contributed by atoms with E-state index in [0.717, 1.165) is 18.4 Å². The van der Waals surface area contributed by atoms with Crippen molar-refractivity contribution in [2.75, 3.05) is 6.26 Å². The smallest absolute Gasteiger partial charge is 0.251 e. The van der Waals surface area contributed by atoms with Crippen LogP contribution in [0.15, 0.2) is 29.2 Å². The first-order valence-electron chi connectivity index (χ1n) is 6.95. The molecule has 110 valence electrons. The third-order valence-corrected chi connectivity index (χ3v) is 4.90. The molecule has 2 bridgehead atoms. The quantitative estimate of drug-likeness (QED) is 0.843. The Labute approximate surface area is 130 Å². The van der Waals surface area contributed by atoms with Gasteiger partial charge in [0, 0.05) is 28.6 Å². The lowest BCUT2D eigenvalue weighted by molar-refractivity contribution is 0.0924. The predicted molar refractivity (Wildman–Crippen MR) is 85.9 cm³/mol. The molecule has 2 saturated heterocycles. The number of thioether (sulfide) groups is 1. The molecule has 2 atom stereocenters. The summed E-state index contributed by atoms with van der Waals surface area (Å²) in [6.07, 6.45) is 6.72. The van der Waals surface area contributed by atoms with Gasteiger partial charge in [-0.25, -0.2) is 0 Å². The normalized spacial score (nSPS) is 27.8. The molecule has 0 radical (unpaired) electrons. The van der Waals surface area contributed by atoms with Crippen molar-refractivity contribution in [1.29, 1.82) is 0 Å². The summed E-state index contributed by atoms with van der Waals surface area (Å²) >= 11 is 1.69. The number of rotatable bonds is 3. The molecule has 2 N–H and O–H groups in total. The fraction of sp³-hybridized carbons (Fsp3) is 0.533. The molecular formula is C15H21ClN2OS. The average molecular weight is 313 g/mol. The number of halogens is 1. The molecule has 2 heterocycles. The molecule has 5 heteroatoms. The molecule has 1 aromatic carbocycles. The van der Waals surface area contributed by atoms with Crippen LogP contribution in [0.3, 0.4) is 0 Å². The van der Waals surface area contributed by atoms with Crippen molar-refractivity contribution in [1.82, 2.24) is 10.6 Å². The van der Waals surface area contributed by atoms with Crippen molar-refractivity contribution in [3.8, 4) is 0 Å². The minimum Gasteiger partial charge on any atom is -0.349 e. The zero-order valence-corrected chi connectivity index (χ0v) is 13.2. The zero-order chi connectivity index (χ0) is 13.2. The lowest BCUT2D eigenvalue weighted by atomic mass is 9.99. The van der Waals surface area contributed by atoms with E-state index >= 15 is 0 Å². The van der Waals surface area contributed by atoms with Gasteiger partial charge in [-0.05, 0) is 56.2 Å². The van der Waals surface area contributed by atoms with E-state index in [-0.39, 0.29) is 18.3 Å². The lowest BCUT2D eigenvalue weighted by Crippen LogP contribution is -2.48. The average Bonchev–Trinajstić information content (AvgIpc) is 2.78. The summed E-state index contributed by atoms with van der Waals surface area (Å²) < 4.78 is 0. The maximum atomic E-state index is 12.2. The van der Waals surface area contributed by atoms with Gasteiger partial charge < -0.3 is 10.6 Å². The topological polar surface area (TPSA) is 41.1 Å². The van der Waals surface area contributed by atoms with E-state index in [9.17, 15) is 4.79 Å². The summed E-state index contributed by atoms with van der Waals surface area (Å²) in [5.74, 6) is 0.0685. The Morgan fingerprint density at radius 3 is 2.35 bits per heavy atom. The second kappa shape index (κ2) is 6.83. The van der Waals surface area contributed by atoms with Crippen LogP contribution in [0.2, 0.25) is 0 Å². The molecule has 1 aromatic rings. The predicted octanol–water partition coefficient (Wildman–Crippen LogP) is 2.84. The summed E-state index contributed by atoms with van der Waals surface area (Å²) in [7, 11) is 0. The number of benzene rings is 1. The van der Waals surface area contributed by atoms with Crippen LogP contribution in [-0.4, -0.2) is 30.3 Å². The van der Waals surface area contributed by atoms with Crippen molar-refractivity contribution in [3.63, 3.8) is 0 Å². The van der Waals surface area contributed by atoms with Gasteiger partial charge in [-0.3, -0.25) is 4.79 Å². The largest absolute Gasteiger partial charge is 0.349 e. The third-order valence-electron chi connectivity index (χ3n) is 4.16. The van der Waals surface area contributed by atoms with Crippen LogP contribution >= 0.6 is 24.2 Å². The number of carbonyl (C=O) groups is 1. The van der Waals surface area contributed by atoms with Crippen LogP contribution in [-0.2, 0) is 0 Å². The van der Waals surface area contributed by atoms with E-state index < -0.39 is 0 Å². The molecule has 1 amide bonds. The highest BCUT2D eigenvalue weighted by atomic mass is 35.5. The Hall–Kier alpha value is -0.710. The number of hydrogen-bond donors (Lipinski definition) is 2. The van der Waals surface area contributed by atoms with Gasteiger partial charge >= 0.3 is 0 Å². The Balaban J connectivity index is 0.00000147. The van der Waals surface area contributed by atoms with Crippen LogP contribution in [0.25, 0.3) is 0 Å². The van der Waals surface area contributed by atoms with Crippen molar-refractivity contribution in [3.05, 3.63) is 29.8 Å². The van der Waals surface area contributed by atoms with Gasteiger partial charge in [0.05, 0.1) is 0 Å². The van der Waals surface area contributed by atoms with Gasteiger partial charge in [-0.2, -0.15) is 0 Å². The second-order valence-electron chi connectivity index (χ2n) is 5.51. The molecule has 20 heavy (non-hydrogen) atoms. The number of hydrogen-bond acceptors (Lipinski definition) is 3. The fourth-order valence-corrected chi connectivity index (χ4v) is 3.59. The molecule has 2 unspecified atom stereocenters. The highest BCUT2D eigenvalue weighted by Crippen LogP contribution is 2.27. The summed E-state index contributed by atoms with van der Waals surface area (Å²) in [5.41, 5.74) is 0.767. The standard InChI is InChI=1S/C15H20N2OS.ClH/c1-19-14-6-2-10(3-7-14)15(18)17-13-8-11-4-5-12(9-13)16-11;/h2-3,6-7,11-13,16H,4-5,8-9H2,1H3,(H,17,18);1H. The van der Waals surface area contributed by atoms with Gasteiger partial charge in [0.15, 0.2) is 0 Å². The van der Waals surface area contributed by atoms with Crippen LogP contribution in [0, 0.1) is 0 Å². The Bertz CT molecular complexity index is 453. The van der Waals surface area contributed by atoms with Crippen LogP contribution < -0.4 is 10.6 Å². The van der Waals surface area contributed by atoms with E-state index in [1.807, 2.05) is 30.5 Å². The number of amides is 1. The minimum atomic E-state index is 0. The van der Waals surface area contributed by atoms with Gasteiger partial charge in [-0.1, -0.05) is 0 Å². The summed E-state index contributed by atoms with van der Waals surface area (Å²) in [6, 6.07) is 9.41. The SMILES string of the molecule is CSc1ccc(C(=O)NC2CC3CCC(C2)N3)cc1.Cl. The maximum absolute atomic E-state index is 12.2. The molecule has 0 spiro atoms. The van der Waals surface area contributed by atoms with Crippen LogP contribution in [0.1, 0.15) is 36.0 Å². The summed E-state index contributed by atoms with van der Waals surface area (Å²) in [6.45, 7) is 0. The highest BCUT2D eigenvalue weighted by Gasteiger charge is 2.33. The van der Waals surface area contributed by atoms with Crippen LogP contribution in [0.5, 0.6) is 0 Å². The number of carbonyl (C=O) groups excluding carboxylic acids is 1. The van der Waals surface area contributed by atoms with Crippen molar-refractivity contribution in [2.24, 2.45) is 0 Å². The minimum absolute atomic E-state index is 0. The molecule has 3 rings (SSSR count). The van der Waals surface area contributed by atoms with Crippen molar-refractivity contribution >= 4 is 30.1 Å². The molecule has 0 aromatic heterocycles. The number of nitrogens with one attached hydrogen (secondary N) is 2. The van der Waals surface area contributed by atoms with Gasteiger partial charge in [0.1, 0.15) is 0 Å². The van der Waals surface area contributed by atoms with Crippen molar-refractivity contribution in [2.45, 2.75) is 48.7 Å². The summed E-state index contributed by atoms with van der Waals surface area (Å²) in [4.78, 5) is 13.4. The monoisotopic (exact) mass is 312 g/mol. The van der Waals surface area contributed by atoms with E-state index in [1.54, 1.807) is 11.8 Å². The number of fused-ring (bicyclic) bond motifs is 2. The first-order chi connectivity index (χ1) is 9.24. The van der Waals surface area contributed by atoms with Gasteiger partial charge in [-0.15, -0.1) is 24.2 Å². The van der Waals surface area contributed by atoms with E-state index in [1.165, 1.54) is 17.7 Å². The Morgan fingerprint density at radius 1 is 1.20 bits per heavy atom. The Kier molecular flexibility index (Phi) is 5.35. The third kappa shape index (κ3) is 3.48. The zero-order valence-electron chi connectivity index (χ0n) is 11.6. The molecule has 0 aliphatic carbocycles. The fourth-order valence-electron chi connectivity index (χ4n) is 3.19. The molecular weight excluding hydrogens is 292 g/mol. The van der Waals surface area contributed by atoms with Crippen molar-refractivity contribution < 1.29 is 4.79 Å². The molecule has 2 fully saturated rings. The lowest BCUT2D eigenvalue weighted by Gasteiger charge is -2.29. The first-order valence-corrected chi connectivity index (χ1v) is 8.18. The summed E-state index contributed by atoms with van der Waals surface area (Å²) in [5, 5.41) is 6.78. The molecule has 3 nitrogen and oxygen atoms in total. The maximum Gasteiger partial charge on any atom is 0.251 e. The van der Waals surface area contributed by atoms with Gasteiger partial charge in [0.25, 0.3) is 5.91 Å². The molecule has 0 saturated carbocycles. The highest BCUT2D eigenvalue weighted by molar-refractivity contribution is 7.98. The van der Waals surface area contributed by atoms with Gasteiger partial charge in [0.2, 0.25) is 0 Å². The van der Waals surface area contributed by atoms with E-state index in [4.69, 9.17) is 0 Å². The second-order valence-corrected chi connectivity index (χ2v) is 6.39. The van der Waals surface area contributed by atoms with E-state index in [2.05, 4.69) is 10.6 Å². The van der Waals surface area contributed by atoms with E-state index in [0.29, 0.717) is 18.1 Å². The molecule has 2 aliphatic rings. The Morgan fingerprint density at radius 2 is 1.80 bits per heavy atom. The van der Waals surface area contributed by atoms with Crippen LogP contribution in [0.4, 0.5) is 0 Å². The first kappa shape index (κ1) is 15.7. The number of piperidine rings is 1.